The Morgan fingerprint density at radius 1 is 1.47 bits per heavy atom. The fourth-order valence-corrected chi connectivity index (χ4v) is 2.61. The normalized spacial score (nSPS) is 18.7. The molecule has 1 aromatic carbocycles. The highest BCUT2D eigenvalue weighted by molar-refractivity contribution is 9.10. The van der Waals surface area contributed by atoms with Crippen LogP contribution in [0.3, 0.4) is 0 Å². The van der Waals surface area contributed by atoms with Crippen LogP contribution in [0.5, 0.6) is 0 Å². The van der Waals surface area contributed by atoms with Gasteiger partial charge in [-0.25, -0.2) is 4.79 Å². The number of fused-ring (bicyclic) bond motifs is 1. The van der Waals surface area contributed by atoms with E-state index in [0.29, 0.717) is 18.5 Å². The zero-order valence-electron chi connectivity index (χ0n) is 9.31. The molecular formula is C12H12BrNO3. The fraction of sp³-hybridized carbons (Fsp3) is 0.333. The number of hydrogen-bond acceptors (Lipinski definition) is 2. The average Bonchev–Trinajstić information content (AvgIpc) is 2.26. The molecule has 2 rings (SSSR count). The average molecular weight is 298 g/mol. The van der Waals surface area contributed by atoms with Crippen molar-refractivity contribution in [3.05, 3.63) is 33.8 Å². The Kier molecular flexibility index (Phi) is 3.19. The van der Waals surface area contributed by atoms with Gasteiger partial charge in [-0.05, 0) is 29.7 Å². The molecule has 4 nitrogen and oxygen atoms in total. The summed E-state index contributed by atoms with van der Waals surface area (Å²) in [6.45, 7) is 1.86. The third-order valence-electron chi connectivity index (χ3n) is 2.97. The van der Waals surface area contributed by atoms with Gasteiger partial charge in [0, 0.05) is 17.9 Å². The lowest BCUT2D eigenvalue weighted by molar-refractivity contribution is -0.150. The number of benzene rings is 1. The summed E-state index contributed by atoms with van der Waals surface area (Å²) in [5, 5.41) is 9.27. The Hall–Kier alpha value is -1.36. The molecule has 1 N–H and O–H groups in total. The van der Waals surface area contributed by atoms with Gasteiger partial charge in [-0.15, -0.1) is 0 Å². The van der Waals surface area contributed by atoms with Gasteiger partial charge in [0.05, 0.1) is 0 Å². The molecule has 1 unspecified atom stereocenters. The molecule has 1 amide bonds. The molecule has 0 saturated heterocycles. The van der Waals surface area contributed by atoms with Crippen molar-refractivity contribution in [2.75, 3.05) is 6.54 Å². The van der Waals surface area contributed by atoms with Gasteiger partial charge in [0.15, 0.2) is 6.04 Å². The van der Waals surface area contributed by atoms with Crippen molar-refractivity contribution in [2.45, 2.75) is 19.4 Å². The smallest absolute Gasteiger partial charge is 0.331 e. The second-order valence-corrected chi connectivity index (χ2v) is 4.96. The van der Waals surface area contributed by atoms with Gasteiger partial charge in [-0.2, -0.15) is 0 Å². The van der Waals surface area contributed by atoms with E-state index >= 15 is 0 Å². The maximum atomic E-state index is 11.4. The molecule has 17 heavy (non-hydrogen) atoms. The summed E-state index contributed by atoms with van der Waals surface area (Å²) in [4.78, 5) is 24.2. The van der Waals surface area contributed by atoms with Gasteiger partial charge in [-0.3, -0.25) is 4.79 Å². The van der Waals surface area contributed by atoms with Crippen LogP contribution in [0.15, 0.2) is 22.7 Å². The molecule has 0 fully saturated rings. The van der Waals surface area contributed by atoms with Crippen molar-refractivity contribution in [1.29, 1.82) is 0 Å². The Morgan fingerprint density at radius 2 is 2.18 bits per heavy atom. The molecule has 0 saturated carbocycles. The monoisotopic (exact) mass is 297 g/mol. The lowest BCUT2D eigenvalue weighted by Crippen LogP contribution is -2.42. The molecule has 0 spiro atoms. The highest BCUT2D eigenvalue weighted by Crippen LogP contribution is 2.31. The van der Waals surface area contributed by atoms with Crippen molar-refractivity contribution >= 4 is 27.8 Å². The zero-order chi connectivity index (χ0) is 12.6. The van der Waals surface area contributed by atoms with E-state index in [-0.39, 0.29) is 5.91 Å². The molecular weight excluding hydrogens is 286 g/mol. The second kappa shape index (κ2) is 4.49. The number of rotatable bonds is 1. The highest BCUT2D eigenvalue weighted by atomic mass is 79.9. The number of aliphatic carboxylic acids is 1. The number of carboxylic acids is 1. The first-order valence-electron chi connectivity index (χ1n) is 5.29. The maximum Gasteiger partial charge on any atom is 0.331 e. The molecule has 1 aliphatic rings. The van der Waals surface area contributed by atoms with Gasteiger partial charge in [0.25, 0.3) is 0 Å². The molecule has 1 aromatic rings. The predicted octanol–water partition coefficient (Wildman–Crippen LogP) is 1.98. The minimum atomic E-state index is -0.983. The molecule has 0 radical (unpaired) electrons. The Bertz CT molecular complexity index is 487. The third-order valence-corrected chi connectivity index (χ3v) is 3.46. The molecule has 5 heteroatoms. The summed E-state index contributed by atoms with van der Waals surface area (Å²) in [5.74, 6) is -1.19. The first-order valence-corrected chi connectivity index (χ1v) is 6.08. The maximum absolute atomic E-state index is 11.4. The molecule has 90 valence electrons. The Balaban J connectivity index is 2.49. The summed E-state index contributed by atoms with van der Waals surface area (Å²) in [7, 11) is 0. The van der Waals surface area contributed by atoms with Crippen molar-refractivity contribution < 1.29 is 14.7 Å². The van der Waals surface area contributed by atoms with Crippen LogP contribution in [0.2, 0.25) is 0 Å². The minimum absolute atomic E-state index is 0.203. The van der Waals surface area contributed by atoms with E-state index in [2.05, 4.69) is 15.9 Å². The van der Waals surface area contributed by atoms with Gasteiger partial charge < -0.3 is 10.0 Å². The van der Waals surface area contributed by atoms with Crippen LogP contribution >= 0.6 is 15.9 Å². The topological polar surface area (TPSA) is 57.6 Å². The lowest BCUT2D eigenvalue weighted by atomic mass is 9.92. The third kappa shape index (κ3) is 2.20. The molecule has 1 aliphatic heterocycles. The van der Waals surface area contributed by atoms with Gasteiger partial charge >= 0.3 is 5.97 Å². The fourth-order valence-electron chi connectivity index (χ4n) is 2.20. The molecule has 0 aromatic heterocycles. The van der Waals surface area contributed by atoms with Crippen LogP contribution in [-0.2, 0) is 16.0 Å². The van der Waals surface area contributed by atoms with Crippen molar-refractivity contribution in [1.82, 2.24) is 4.90 Å². The van der Waals surface area contributed by atoms with E-state index in [4.69, 9.17) is 0 Å². The second-order valence-electron chi connectivity index (χ2n) is 4.05. The van der Waals surface area contributed by atoms with Crippen LogP contribution in [0.1, 0.15) is 24.1 Å². The van der Waals surface area contributed by atoms with E-state index < -0.39 is 12.0 Å². The standard InChI is InChI=1S/C12H12BrNO3/c1-7(15)14-5-4-8-6-9(13)2-3-10(8)11(14)12(16)17/h2-3,6,11H,4-5H2,1H3,(H,16,17). The Morgan fingerprint density at radius 3 is 2.76 bits per heavy atom. The van der Waals surface area contributed by atoms with Crippen molar-refractivity contribution in [3.63, 3.8) is 0 Å². The summed E-state index contributed by atoms with van der Waals surface area (Å²) < 4.78 is 0.927. The zero-order valence-corrected chi connectivity index (χ0v) is 10.9. The number of amides is 1. The predicted molar refractivity (Wildman–Crippen MR) is 65.6 cm³/mol. The molecule has 0 aliphatic carbocycles. The van der Waals surface area contributed by atoms with Crippen LogP contribution in [0.4, 0.5) is 0 Å². The molecule has 0 bridgehead atoms. The molecule has 1 heterocycles. The van der Waals surface area contributed by atoms with E-state index in [9.17, 15) is 14.7 Å². The highest BCUT2D eigenvalue weighted by Gasteiger charge is 2.34. The van der Waals surface area contributed by atoms with E-state index in [1.54, 1.807) is 12.1 Å². The van der Waals surface area contributed by atoms with E-state index in [1.807, 2.05) is 6.07 Å². The Labute approximate surface area is 107 Å². The first kappa shape index (κ1) is 12.1. The number of carbonyl (C=O) groups is 2. The van der Waals surface area contributed by atoms with E-state index in [1.165, 1.54) is 11.8 Å². The van der Waals surface area contributed by atoms with Crippen molar-refractivity contribution in [2.24, 2.45) is 0 Å². The first-order chi connectivity index (χ1) is 8.00. The number of carbonyl (C=O) groups excluding carboxylic acids is 1. The lowest BCUT2D eigenvalue weighted by Gasteiger charge is -2.34. The van der Waals surface area contributed by atoms with Crippen molar-refractivity contribution in [3.8, 4) is 0 Å². The summed E-state index contributed by atoms with van der Waals surface area (Å²) in [6.07, 6.45) is 0.693. The molecule has 1 atom stereocenters. The number of nitrogens with zero attached hydrogens (tertiary/aromatic N) is 1. The van der Waals surface area contributed by atoms with E-state index in [0.717, 1.165) is 10.0 Å². The van der Waals surface area contributed by atoms with Crippen LogP contribution in [0, 0.1) is 0 Å². The SMILES string of the molecule is CC(=O)N1CCc2cc(Br)ccc2C1C(=O)O. The van der Waals surface area contributed by atoms with Gasteiger partial charge in [0.1, 0.15) is 0 Å². The van der Waals surface area contributed by atoms with Crippen LogP contribution in [0.25, 0.3) is 0 Å². The van der Waals surface area contributed by atoms with Crippen LogP contribution in [-0.4, -0.2) is 28.4 Å². The minimum Gasteiger partial charge on any atom is -0.479 e. The van der Waals surface area contributed by atoms with Gasteiger partial charge in [0.2, 0.25) is 5.91 Å². The summed E-state index contributed by atoms with van der Waals surface area (Å²) in [6, 6.07) is 4.64. The van der Waals surface area contributed by atoms with Crippen LogP contribution < -0.4 is 0 Å². The number of carboxylic acid groups (broad SMARTS) is 1. The number of hydrogen-bond donors (Lipinski definition) is 1. The summed E-state index contributed by atoms with van der Waals surface area (Å²) >= 11 is 3.36. The van der Waals surface area contributed by atoms with Gasteiger partial charge in [-0.1, -0.05) is 22.0 Å². The quantitative estimate of drug-likeness (QED) is 0.862. The number of halogens is 1. The summed E-state index contributed by atoms with van der Waals surface area (Å²) in [5.41, 5.74) is 1.70. The largest absolute Gasteiger partial charge is 0.479 e.